The molecule has 3 heteroatoms. The van der Waals surface area contributed by atoms with Gasteiger partial charge in [0.15, 0.2) is 0 Å². The zero-order valence-electron chi connectivity index (χ0n) is 16.9. The molecule has 0 unspecified atom stereocenters. The van der Waals surface area contributed by atoms with E-state index in [1.54, 1.807) is 4.90 Å². The molecule has 4 aliphatic rings. The number of imide groups is 1. The van der Waals surface area contributed by atoms with E-state index in [2.05, 4.69) is 43.3 Å². The number of carbonyl (C=O) groups excluding carboxylic acids is 2. The van der Waals surface area contributed by atoms with Gasteiger partial charge in [0.05, 0.1) is 11.8 Å². The van der Waals surface area contributed by atoms with Crippen LogP contribution in [0.15, 0.2) is 78.9 Å². The molecular formula is C27H23NO2. The zero-order valence-corrected chi connectivity index (χ0v) is 16.9. The van der Waals surface area contributed by atoms with Crippen molar-refractivity contribution in [1.29, 1.82) is 0 Å². The smallest absolute Gasteiger partial charge is 0.234 e. The van der Waals surface area contributed by atoms with Gasteiger partial charge >= 0.3 is 0 Å². The van der Waals surface area contributed by atoms with Gasteiger partial charge in [-0.2, -0.15) is 0 Å². The first-order valence-corrected chi connectivity index (χ1v) is 10.7. The number of hydrogen-bond donors (Lipinski definition) is 0. The summed E-state index contributed by atoms with van der Waals surface area (Å²) in [7, 11) is 0. The molecule has 0 N–H and O–H groups in total. The minimum atomic E-state index is -0.282. The molecular weight excluding hydrogens is 370 g/mol. The molecule has 3 atom stereocenters. The number of likely N-dealkylation sites (tertiary alicyclic amines) is 1. The van der Waals surface area contributed by atoms with Gasteiger partial charge in [0, 0.05) is 18.4 Å². The first kappa shape index (κ1) is 17.6. The summed E-state index contributed by atoms with van der Waals surface area (Å²) in [6.45, 7) is 2.54. The van der Waals surface area contributed by atoms with Crippen LogP contribution < -0.4 is 0 Å². The van der Waals surface area contributed by atoms with Gasteiger partial charge in [0.25, 0.3) is 0 Å². The first-order valence-electron chi connectivity index (χ1n) is 10.7. The minimum absolute atomic E-state index is 0.00628. The summed E-state index contributed by atoms with van der Waals surface area (Å²) in [5.74, 6) is -0.493. The standard InChI is InChI=1S/C27H23NO2/c1-16(17-9-3-2-4-10-17)15-28-26(29)24-22-18-11-5-6-12-19(18)23(25(24)27(28)30)21-14-8-7-13-20(21)22/h2-14,16,22-25H,15H2,1H3/t16-,22?,23?,24-,25+/m1/s1. The van der Waals surface area contributed by atoms with Crippen molar-refractivity contribution >= 4 is 11.8 Å². The van der Waals surface area contributed by atoms with Gasteiger partial charge in [0.2, 0.25) is 11.8 Å². The van der Waals surface area contributed by atoms with Crippen LogP contribution in [0.4, 0.5) is 0 Å². The number of benzene rings is 3. The van der Waals surface area contributed by atoms with Crippen molar-refractivity contribution in [2.75, 3.05) is 6.54 Å². The lowest BCUT2D eigenvalue weighted by Gasteiger charge is -2.45. The molecule has 2 bridgehead atoms. The lowest BCUT2D eigenvalue weighted by atomic mass is 9.55. The van der Waals surface area contributed by atoms with E-state index in [1.165, 1.54) is 22.3 Å². The quantitative estimate of drug-likeness (QED) is 0.606. The molecule has 1 saturated heterocycles. The Morgan fingerprint density at radius 2 is 1.07 bits per heavy atom. The molecule has 148 valence electrons. The van der Waals surface area contributed by atoms with Gasteiger partial charge in [-0.25, -0.2) is 0 Å². The van der Waals surface area contributed by atoms with Crippen molar-refractivity contribution in [3.05, 3.63) is 107 Å². The fourth-order valence-corrected chi connectivity index (χ4v) is 6.08. The molecule has 0 aromatic heterocycles. The Balaban J connectivity index is 1.43. The van der Waals surface area contributed by atoms with E-state index in [0.29, 0.717) is 6.54 Å². The van der Waals surface area contributed by atoms with Crippen molar-refractivity contribution in [2.24, 2.45) is 11.8 Å². The molecule has 1 fully saturated rings. The van der Waals surface area contributed by atoms with Gasteiger partial charge in [-0.3, -0.25) is 14.5 Å². The highest BCUT2D eigenvalue weighted by Crippen LogP contribution is 2.61. The Bertz CT molecular complexity index is 1050. The average Bonchev–Trinajstić information content (AvgIpc) is 3.05. The third kappa shape index (κ3) is 2.26. The topological polar surface area (TPSA) is 37.4 Å². The third-order valence-corrected chi connectivity index (χ3v) is 7.36. The summed E-state index contributed by atoms with van der Waals surface area (Å²) in [6, 6.07) is 26.9. The molecule has 0 spiro atoms. The lowest BCUT2D eigenvalue weighted by Crippen LogP contribution is -2.41. The molecule has 3 nitrogen and oxygen atoms in total. The van der Waals surface area contributed by atoms with E-state index in [-0.39, 0.29) is 41.4 Å². The lowest BCUT2D eigenvalue weighted by molar-refractivity contribution is -0.140. The highest BCUT2D eigenvalue weighted by molar-refractivity contribution is 6.07. The van der Waals surface area contributed by atoms with E-state index < -0.39 is 0 Å². The van der Waals surface area contributed by atoms with Crippen LogP contribution in [-0.4, -0.2) is 23.3 Å². The number of amides is 2. The van der Waals surface area contributed by atoms with Crippen molar-refractivity contribution in [1.82, 2.24) is 4.90 Å². The predicted molar refractivity (Wildman–Crippen MR) is 115 cm³/mol. The van der Waals surface area contributed by atoms with Crippen molar-refractivity contribution in [3.8, 4) is 0 Å². The number of hydrogen-bond acceptors (Lipinski definition) is 2. The Labute approximate surface area is 176 Å². The van der Waals surface area contributed by atoms with Crippen LogP contribution in [0.3, 0.4) is 0 Å². The molecule has 3 aromatic carbocycles. The fourth-order valence-electron chi connectivity index (χ4n) is 6.08. The van der Waals surface area contributed by atoms with Crippen LogP contribution in [0, 0.1) is 11.8 Å². The normalized spacial score (nSPS) is 26.9. The highest BCUT2D eigenvalue weighted by atomic mass is 16.2. The van der Waals surface area contributed by atoms with Gasteiger partial charge < -0.3 is 0 Å². The van der Waals surface area contributed by atoms with Crippen LogP contribution in [0.25, 0.3) is 0 Å². The monoisotopic (exact) mass is 393 g/mol. The Morgan fingerprint density at radius 3 is 1.50 bits per heavy atom. The minimum Gasteiger partial charge on any atom is -0.281 e. The molecule has 30 heavy (non-hydrogen) atoms. The molecule has 1 aliphatic heterocycles. The van der Waals surface area contributed by atoms with Crippen molar-refractivity contribution in [2.45, 2.75) is 24.7 Å². The number of rotatable bonds is 3. The predicted octanol–water partition coefficient (Wildman–Crippen LogP) is 4.68. The summed E-state index contributed by atoms with van der Waals surface area (Å²) in [5, 5.41) is 0. The van der Waals surface area contributed by atoms with Crippen LogP contribution in [0.5, 0.6) is 0 Å². The Hall–Kier alpha value is -3.20. The first-order chi connectivity index (χ1) is 14.7. The third-order valence-electron chi connectivity index (χ3n) is 7.36. The van der Waals surface area contributed by atoms with E-state index in [0.717, 1.165) is 5.56 Å². The van der Waals surface area contributed by atoms with Gasteiger partial charge in [0.1, 0.15) is 0 Å². The summed E-state index contributed by atoms with van der Waals surface area (Å²) >= 11 is 0. The maximum Gasteiger partial charge on any atom is 0.234 e. The van der Waals surface area contributed by atoms with Gasteiger partial charge in [-0.15, -0.1) is 0 Å². The second-order valence-corrected chi connectivity index (χ2v) is 8.86. The molecule has 3 aliphatic carbocycles. The second kappa shape index (κ2) is 6.40. The Morgan fingerprint density at radius 1 is 0.667 bits per heavy atom. The second-order valence-electron chi connectivity index (χ2n) is 8.86. The van der Waals surface area contributed by atoms with Crippen molar-refractivity contribution < 1.29 is 9.59 Å². The molecule has 3 aromatic rings. The van der Waals surface area contributed by atoms with Crippen LogP contribution in [0.1, 0.15) is 52.5 Å². The summed E-state index contributed by atoms with van der Waals surface area (Å²) in [5.41, 5.74) is 6.05. The van der Waals surface area contributed by atoms with E-state index >= 15 is 0 Å². The molecule has 0 radical (unpaired) electrons. The maximum atomic E-state index is 13.6. The van der Waals surface area contributed by atoms with Crippen LogP contribution >= 0.6 is 0 Å². The number of nitrogens with zero attached hydrogens (tertiary/aromatic N) is 1. The van der Waals surface area contributed by atoms with E-state index in [4.69, 9.17) is 0 Å². The molecule has 7 rings (SSSR count). The molecule has 2 amide bonds. The average molecular weight is 393 g/mol. The SMILES string of the molecule is C[C@H](CN1C(=O)[C@@H]2C3c4ccccc4C(c4ccccc43)[C@@H]2C1=O)c1ccccc1. The molecule has 0 saturated carbocycles. The van der Waals surface area contributed by atoms with Gasteiger partial charge in [-0.1, -0.05) is 85.8 Å². The maximum absolute atomic E-state index is 13.6. The van der Waals surface area contributed by atoms with Crippen LogP contribution in [-0.2, 0) is 9.59 Å². The van der Waals surface area contributed by atoms with Crippen LogP contribution in [0.2, 0.25) is 0 Å². The Kier molecular flexibility index (Phi) is 3.76. The zero-order chi connectivity index (χ0) is 20.4. The van der Waals surface area contributed by atoms with E-state index in [9.17, 15) is 9.59 Å². The van der Waals surface area contributed by atoms with Crippen molar-refractivity contribution in [3.63, 3.8) is 0 Å². The largest absolute Gasteiger partial charge is 0.281 e. The molecule has 1 heterocycles. The highest BCUT2D eigenvalue weighted by Gasteiger charge is 2.61. The fraction of sp³-hybridized carbons (Fsp3) is 0.259. The van der Waals surface area contributed by atoms with Gasteiger partial charge in [-0.05, 0) is 33.7 Å². The number of carbonyl (C=O) groups is 2. The summed E-state index contributed by atoms with van der Waals surface area (Å²) in [6.07, 6.45) is 0. The summed E-state index contributed by atoms with van der Waals surface area (Å²) in [4.78, 5) is 28.8. The van der Waals surface area contributed by atoms with E-state index in [1.807, 2.05) is 42.5 Å². The summed E-state index contributed by atoms with van der Waals surface area (Å²) < 4.78 is 0.